The number of hydrogen-bond donors (Lipinski definition) is 2. The molecule has 1 heterocycles. The Hall–Kier alpha value is -1.87. The van der Waals surface area contributed by atoms with Crippen molar-refractivity contribution in [1.82, 2.24) is 9.80 Å². The van der Waals surface area contributed by atoms with Crippen LogP contribution in [0.1, 0.15) is 11.1 Å². The van der Waals surface area contributed by atoms with Gasteiger partial charge in [-0.3, -0.25) is 4.90 Å². The van der Waals surface area contributed by atoms with E-state index < -0.39 is 11.9 Å². The molecular weight excluding hydrogens is 388 g/mol. The fourth-order valence-electron chi connectivity index (χ4n) is 2.58. The number of aryl methyl sites for hydroxylation is 2. The minimum Gasteiger partial charge on any atom is -0.491 e. The highest BCUT2D eigenvalue weighted by Crippen LogP contribution is 2.25. The Bertz CT molecular complexity index is 612. The first-order valence-electron chi connectivity index (χ1n) is 9.05. The van der Waals surface area contributed by atoms with E-state index in [2.05, 4.69) is 16.8 Å². The van der Waals surface area contributed by atoms with Crippen LogP contribution in [0.25, 0.3) is 0 Å². The van der Waals surface area contributed by atoms with Gasteiger partial charge in [0.15, 0.2) is 0 Å². The van der Waals surface area contributed by atoms with E-state index in [-0.39, 0.29) is 0 Å². The Kier molecular flexibility index (Phi) is 10.8. The number of likely N-dealkylation sites (N-methyl/N-ethyl adjacent to an activating group) is 1. The van der Waals surface area contributed by atoms with Crippen LogP contribution in [0.5, 0.6) is 5.75 Å². The first-order chi connectivity index (χ1) is 13.2. The molecule has 1 aliphatic rings. The van der Waals surface area contributed by atoms with E-state index in [9.17, 15) is 0 Å². The summed E-state index contributed by atoms with van der Waals surface area (Å²) in [6.07, 6.45) is 0. The van der Waals surface area contributed by atoms with Gasteiger partial charge in [-0.2, -0.15) is 0 Å². The minimum absolute atomic E-state index is 0.573. The first kappa shape index (κ1) is 24.2. The third kappa shape index (κ3) is 9.36. The second-order valence-corrected chi connectivity index (χ2v) is 6.97. The van der Waals surface area contributed by atoms with Crippen molar-refractivity contribution in [1.29, 1.82) is 0 Å². The van der Waals surface area contributed by atoms with Gasteiger partial charge < -0.3 is 24.6 Å². The van der Waals surface area contributed by atoms with E-state index in [1.807, 2.05) is 26.0 Å². The van der Waals surface area contributed by atoms with E-state index in [4.69, 9.17) is 40.9 Å². The first-order valence-corrected chi connectivity index (χ1v) is 9.43. The molecule has 1 saturated heterocycles. The van der Waals surface area contributed by atoms with Crippen molar-refractivity contribution in [2.45, 2.75) is 13.8 Å². The molecule has 1 aromatic carbocycles. The number of hydrogen-bond acceptors (Lipinski definition) is 6. The molecule has 0 aromatic heterocycles. The topological polar surface area (TPSA) is 99.5 Å². The molecule has 0 bridgehead atoms. The lowest BCUT2D eigenvalue weighted by Gasteiger charge is -2.32. The van der Waals surface area contributed by atoms with Crippen molar-refractivity contribution < 1.29 is 29.3 Å². The van der Waals surface area contributed by atoms with Crippen molar-refractivity contribution in [3.63, 3.8) is 0 Å². The SMILES string of the molecule is Cc1cc(OCCOCCN2CCN(C)CC2)cc(C)c1Cl.O=C(O)C(=O)O. The number of piperazine rings is 1. The van der Waals surface area contributed by atoms with E-state index in [1.165, 1.54) is 0 Å². The van der Waals surface area contributed by atoms with E-state index >= 15 is 0 Å². The van der Waals surface area contributed by atoms with Gasteiger partial charge >= 0.3 is 11.9 Å². The van der Waals surface area contributed by atoms with Crippen LogP contribution in [0.3, 0.4) is 0 Å². The Morgan fingerprint density at radius 2 is 1.54 bits per heavy atom. The van der Waals surface area contributed by atoms with E-state index in [1.54, 1.807) is 0 Å². The van der Waals surface area contributed by atoms with Crippen molar-refractivity contribution >= 4 is 23.5 Å². The van der Waals surface area contributed by atoms with E-state index in [0.717, 1.165) is 61.2 Å². The summed E-state index contributed by atoms with van der Waals surface area (Å²) in [5.74, 6) is -2.79. The lowest BCUT2D eigenvalue weighted by molar-refractivity contribution is -0.159. The third-order valence-corrected chi connectivity index (χ3v) is 4.83. The average molecular weight is 417 g/mol. The quantitative estimate of drug-likeness (QED) is 0.512. The number of carboxylic acids is 2. The molecule has 0 amide bonds. The normalized spacial score (nSPS) is 14.9. The summed E-state index contributed by atoms with van der Waals surface area (Å²) in [6.45, 7) is 11.5. The number of aliphatic carboxylic acids is 2. The van der Waals surface area contributed by atoms with Crippen LogP contribution in [0, 0.1) is 13.8 Å². The molecule has 0 atom stereocenters. The zero-order valence-corrected chi connectivity index (χ0v) is 17.4. The predicted octanol–water partition coefficient (Wildman–Crippen LogP) is 1.76. The van der Waals surface area contributed by atoms with Crippen LogP contribution >= 0.6 is 11.6 Å². The summed E-state index contributed by atoms with van der Waals surface area (Å²) in [7, 11) is 2.17. The fraction of sp³-hybridized carbons (Fsp3) is 0.579. The largest absolute Gasteiger partial charge is 0.491 e. The molecule has 0 aliphatic carbocycles. The summed E-state index contributed by atoms with van der Waals surface area (Å²) in [5, 5.41) is 15.6. The third-order valence-electron chi connectivity index (χ3n) is 4.24. The molecule has 158 valence electrons. The second-order valence-electron chi connectivity index (χ2n) is 6.59. The van der Waals surface area contributed by atoms with Crippen LogP contribution in [-0.2, 0) is 14.3 Å². The molecule has 9 heteroatoms. The predicted molar refractivity (Wildman–Crippen MR) is 106 cm³/mol. The van der Waals surface area contributed by atoms with Gasteiger partial charge in [0.2, 0.25) is 0 Å². The number of carbonyl (C=O) groups is 2. The van der Waals surface area contributed by atoms with Crippen LogP contribution in [-0.4, -0.2) is 91.5 Å². The van der Waals surface area contributed by atoms with Gasteiger partial charge in [-0.1, -0.05) is 11.6 Å². The Morgan fingerprint density at radius 3 is 2.04 bits per heavy atom. The van der Waals surface area contributed by atoms with Crippen molar-refractivity contribution in [2.75, 3.05) is 59.6 Å². The lowest BCUT2D eigenvalue weighted by atomic mass is 10.1. The summed E-state index contributed by atoms with van der Waals surface area (Å²) in [6, 6.07) is 3.94. The molecular formula is C19H29ClN2O6. The fourth-order valence-corrected chi connectivity index (χ4v) is 2.68. The van der Waals surface area contributed by atoms with Gasteiger partial charge in [-0.15, -0.1) is 0 Å². The highest BCUT2D eigenvalue weighted by Gasteiger charge is 2.12. The number of carboxylic acid groups (broad SMARTS) is 2. The molecule has 0 spiro atoms. The van der Waals surface area contributed by atoms with E-state index in [0.29, 0.717) is 13.2 Å². The number of benzene rings is 1. The van der Waals surface area contributed by atoms with Gasteiger partial charge in [-0.05, 0) is 44.2 Å². The van der Waals surface area contributed by atoms with Crippen molar-refractivity contribution in [3.05, 3.63) is 28.3 Å². The molecule has 1 fully saturated rings. The standard InChI is InChI=1S/C17H27ClN2O2.C2H2O4/c1-14-12-16(13-15(2)17(14)18)22-11-10-21-9-8-20-6-4-19(3)5-7-20;3-1(4)2(5)6/h12-13H,4-11H2,1-3H3;(H,3,4)(H,5,6). The monoisotopic (exact) mass is 416 g/mol. The van der Waals surface area contributed by atoms with Crippen LogP contribution in [0.2, 0.25) is 5.02 Å². The summed E-state index contributed by atoms with van der Waals surface area (Å²) in [4.78, 5) is 23.0. The molecule has 28 heavy (non-hydrogen) atoms. The van der Waals surface area contributed by atoms with Crippen molar-refractivity contribution in [3.8, 4) is 5.75 Å². The molecule has 2 N–H and O–H groups in total. The molecule has 8 nitrogen and oxygen atoms in total. The van der Waals surface area contributed by atoms with Gasteiger partial charge in [0.05, 0.1) is 13.2 Å². The molecule has 2 rings (SSSR count). The van der Waals surface area contributed by atoms with Gasteiger partial charge in [0.25, 0.3) is 0 Å². The Morgan fingerprint density at radius 1 is 1.00 bits per heavy atom. The zero-order valence-electron chi connectivity index (χ0n) is 16.6. The molecule has 0 radical (unpaired) electrons. The second kappa shape index (κ2) is 12.6. The molecule has 0 unspecified atom stereocenters. The maximum absolute atomic E-state index is 9.10. The summed E-state index contributed by atoms with van der Waals surface area (Å²) >= 11 is 6.15. The van der Waals surface area contributed by atoms with Crippen LogP contribution in [0.15, 0.2) is 12.1 Å². The molecule has 1 aromatic rings. The lowest BCUT2D eigenvalue weighted by Crippen LogP contribution is -2.45. The maximum Gasteiger partial charge on any atom is 0.414 e. The molecule has 1 aliphatic heterocycles. The highest BCUT2D eigenvalue weighted by molar-refractivity contribution is 6.32. The maximum atomic E-state index is 9.10. The molecule has 0 saturated carbocycles. The summed E-state index contributed by atoms with van der Waals surface area (Å²) < 4.78 is 11.4. The van der Waals surface area contributed by atoms with Gasteiger partial charge in [0, 0.05) is 37.7 Å². The number of nitrogens with zero attached hydrogens (tertiary/aromatic N) is 2. The zero-order chi connectivity index (χ0) is 21.1. The number of rotatable bonds is 7. The van der Waals surface area contributed by atoms with Crippen LogP contribution in [0.4, 0.5) is 0 Å². The highest BCUT2D eigenvalue weighted by atomic mass is 35.5. The average Bonchev–Trinajstić information content (AvgIpc) is 2.64. The van der Waals surface area contributed by atoms with Crippen molar-refractivity contribution in [2.24, 2.45) is 0 Å². The number of ether oxygens (including phenoxy) is 2. The van der Waals surface area contributed by atoms with Crippen LogP contribution < -0.4 is 4.74 Å². The Labute approximate surface area is 170 Å². The summed E-state index contributed by atoms with van der Waals surface area (Å²) in [5.41, 5.74) is 2.10. The smallest absolute Gasteiger partial charge is 0.414 e. The number of halogens is 1. The van der Waals surface area contributed by atoms with Gasteiger partial charge in [-0.25, -0.2) is 9.59 Å². The minimum atomic E-state index is -1.82. The van der Waals surface area contributed by atoms with Gasteiger partial charge in [0.1, 0.15) is 12.4 Å². The Balaban J connectivity index is 0.000000568.